The molecule has 0 aliphatic heterocycles. The Morgan fingerprint density at radius 2 is 1.82 bits per heavy atom. The van der Waals surface area contributed by atoms with Crippen LogP contribution in [0.4, 0.5) is 0 Å². The first-order chi connectivity index (χ1) is 10.9. The van der Waals surface area contributed by atoms with Crippen LogP contribution in [-0.4, -0.2) is 9.97 Å². The highest BCUT2D eigenvalue weighted by molar-refractivity contribution is 5.83. The fourth-order valence-corrected chi connectivity index (χ4v) is 2.83. The Hall–Kier alpha value is -2.65. The highest BCUT2D eigenvalue weighted by Gasteiger charge is 2.03. The number of rotatable bonds is 4. The third kappa shape index (κ3) is 2.47. The summed E-state index contributed by atoms with van der Waals surface area (Å²) in [7, 11) is 0. The molecule has 0 aliphatic rings. The number of para-hydroxylation sites is 2. The lowest BCUT2D eigenvalue weighted by molar-refractivity contribution is 0.695. The summed E-state index contributed by atoms with van der Waals surface area (Å²) in [5, 5.41) is 5.97. The molecular weight excluding hydrogens is 270 g/mol. The van der Waals surface area contributed by atoms with Crippen molar-refractivity contribution in [3.63, 3.8) is 0 Å². The van der Waals surface area contributed by atoms with Crippen molar-refractivity contribution in [1.82, 2.24) is 15.3 Å². The van der Waals surface area contributed by atoms with E-state index in [0.717, 1.165) is 18.6 Å². The lowest BCUT2D eigenvalue weighted by Gasteiger charge is -2.05. The van der Waals surface area contributed by atoms with Gasteiger partial charge in [0.05, 0.1) is 5.52 Å². The van der Waals surface area contributed by atoms with Crippen LogP contribution in [0.2, 0.25) is 0 Å². The summed E-state index contributed by atoms with van der Waals surface area (Å²) in [6.07, 6.45) is 4.03. The van der Waals surface area contributed by atoms with Crippen molar-refractivity contribution in [2.45, 2.75) is 13.1 Å². The van der Waals surface area contributed by atoms with E-state index in [0.29, 0.717) is 0 Å². The lowest BCUT2D eigenvalue weighted by Crippen LogP contribution is -2.12. The Bertz CT molecular complexity index is 924. The number of nitrogens with zero attached hydrogens (tertiary/aromatic N) is 1. The molecule has 0 radical (unpaired) electrons. The highest BCUT2D eigenvalue weighted by atomic mass is 14.9. The molecule has 2 heterocycles. The maximum absolute atomic E-state index is 4.50. The van der Waals surface area contributed by atoms with Crippen LogP contribution in [0, 0.1) is 0 Å². The largest absolute Gasteiger partial charge is 0.361 e. The van der Waals surface area contributed by atoms with Crippen molar-refractivity contribution in [2.75, 3.05) is 0 Å². The van der Waals surface area contributed by atoms with E-state index in [1.54, 1.807) is 0 Å². The summed E-state index contributed by atoms with van der Waals surface area (Å²) in [6, 6.07) is 18.8. The zero-order valence-corrected chi connectivity index (χ0v) is 12.2. The smallest absolute Gasteiger partial charge is 0.0702 e. The minimum atomic E-state index is 0.817. The van der Waals surface area contributed by atoms with Gasteiger partial charge in [0.1, 0.15) is 0 Å². The van der Waals surface area contributed by atoms with E-state index in [1.165, 1.54) is 27.4 Å². The molecule has 0 saturated heterocycles. The van der Waals surface area contributed by atoms with E-state index < -0.39 is 0 Å². The zero-order chi connectivity index (χ0) is 14.8. The second kappa shape index (κ2) is 5.62. The third-order valence-corrected chi connectivity index (χ3v) is 3.97. The normalized spacial score (nSPS) is 11.3. The molecule has 3 heteroatoms. The lowest BCUT2D eigenvalue weighted by atomic mass is 10.1. The molecule has 4 aromatic rings. The Labute approximate surface area is 129 Å². The average molecular weight is 287 g/mol. The van der Waals surface area contributed by atoms with E-state index in [-0.39, 0.29) is 0 Å². The predicted molar refractivity (Wildman–Crippen MR) is 90.6 cm³/mol. The molecule has 2 N–H and O–H groups in total. The van der Waals surface area contributed by atoms with Crippen LogP contribution in [0.3, 0.4) is 0 Å². The average Bonchev–Trinajstić information content (AvgIpc) is 2.98. The third-order valence-electron chi connectivity index (χ3n) is 3.97. The molecule has 0 saturated carbocycles. The first-order valence-electron chi connectivity index (χ1n) is 7.49. The fourth-order valence-electron chi connectivity index (χ4n) is 2.83. The number of aromatic amines is 1. The topological polar surface area (TPSA) is 40.7 Å². The molecule has 22 heavy (non-hydrogen) atoms. The molecule has 0 unspecified atom stereocenters. The Kier molecular flexibility index (Phi) is 3.33. The number of H-pyrrole nitrogens is 1. The van der Waals surface area contributed by atoms with Crippen LogP contribution in [0.15, 0.2) is 67.0 Å². The number of benzene rings is 2. The molecule has 2 aromatic carbocycles. The van der Waals surface area contributed by atoms with E-state index in [4.69, 9.17) is 0 Å². The second-order valence-corrected chi connectivity index (χ2v) is 5.50. The number of fused-ring (bicyclic) bond motifs is 2. The molecule has 4 rings (SSSR count). The van der Waals surface area contributed by atoms with Crippen LogP contribution in [-0.2, 0) is 13.1 Å². The van der Waals surface area contributed by atoms with Gasteiger partial charge in [-0.3, -0.25) is 4.98 Å². The van der Waals surface area contributed by atoms with Gasteiger partial charge in [0, 0.05) is 41.8 Å². The molecule has 0 aliphatic carbocycles. The highest BCUT2D eigenvalue weighted by Crippen LogP contribution is 2.17. The summed E-state index contributed by atoms with van der Waals surface area (Å²) in [5.41, 5.74) is 4.73. The Morgan fingerprint density at radius 3 is 2.82 bits per heavy atom. The van der Waals surface area contributed by atoms with E-state index >= 15 is 0 Å². The molecule has 2 aromatic heterocycles. The summed E-state index contributed by atoms with van der Waals surface area (Å²) >= 11 is 0. The van der Waals surface area contributed by atoms with Crippen LogP contribution in [0.5, 0.6) is 0 Å². The molecule has 0 fully saturated rings. The van der Waals surface area contributed by atoms with Crippen molar-refractivity contribution >= 4 is 21.8 Å². The number of hydrogen-bond acceptors (Lipinski definition) is 2. The van der Waals surface area contributed by atoms with Crippen LogP contribution >= 0.6 is 0 Å². The minimum absolute atomic E-state index is 0.817. The van der Waals surface area contributed by atoms with Gasteiger partial charge in [-0.25, -0.2) is 0 Å². The van der Waals surface area contributed by atoms with Gasteiger partial charge in [-0.05, 0) is 29.3 Å². The van der Waals surface area contributed by atoms with Gasteiger partial charge >= 0.3 is 0 Å². The summed E-state index contributed by atoms with van der Waals surface area (Å²) < 4.78 is 0. The molecule has 3 nitrogen and oxygen atoms in total. The quantitative estimate of drug-likeness (QED) is 0.595. The number of hydrogen-bond donors (Lipinski definition) is 2. The summed E-state index contributed by atoms with van der Waals surface area (Å²) in [5.74, 6) is 0. The fraction of sp³-hybridized carbons (Fsp3) is 0.105. The van der Waals surface area contributed by atoms with Gasteiger partial charge in [0.15, 0.2) is 0 Å². The standard InChI is InChI=1S/C19H17N3/c1-3-7-18-15(5-1)9-14(11-21-18)10-20-12-16-13-22-19-8-4-2-6-17(16)19/h1-9,11,13,20,22H,10,12H2. The van der Waals surface area contributed by atoms with Gasteiger partial charge in [0.25, 0.3) is 0 Å². The van der Waals surface area contributed by atoms with E-state index in [2.05, 4.69) is 57.9 Å². The SMILES string of the molecule is c1ccc2ncc(CNCc3c[nH]c4ccccc34)cc2c1. The van der Waals surface area contributed by atoms with Crippen molar-refractivity contribution in [3.8, 4) is 0 Å². The molecule has 0 spiro atoms. The first kappa shape index (κ1) is 13.0. The van der Waals surface area contributed by atoms with Gasteiger partial charge in [-0.15, -0.1) is 0 Å². The maximum Gasteiger partial charge on any atom is 0.0702 e. The van der Waals surface area contributed by atoms with Gasteiger partial charge in [0.2, 0.25) is 0 Å². The zero-order valence-electron chi connectivity index (χ0n) is 12.2. The molecular formula is C19H17N3. The number of pyridine rings is 1. The van der Waals surface area contributed by atoms with E-state index in [9.17, 15) is 0 Å². The number of nitrogens with one attached hydrogen (secondary N) is 2. The first-order valence-corrected chi connectivity index (χ1v) is 7.49. The molecule has 0 atom stereocenters. The minimum Gasteiger partial charge on any atom is -0.361 e. The van der Waals surface area contributed by atoms with Gasteiger partial charge in [-0.2, -0.15) is 0 Å². The molecule has 0 bridgehead atoms. The monoisotopic (exact) mass is 287 g/mol. The summed E-state index contributed by atoms with van der Waals surface area (Å²) in [4.78, 5) is 7.81. The van der Waals surface area contributed by atoms with Crippen LogP contribution < -0.4 is 5.32 Å². The Morgan fingerprint density at radius 1 is 0.955 bits per heavy atom. The number of aromatic nitrogens is 2. The van der Waals surface area contributed by atoms with Crippen LogP contribution in [0.1, 0.15) is 11.1 Å². The van der Waals surface area contributed by atoms with E-state index in [1.807, 2.05) is 24.4 Å². The van der Waals surface area contributed by atoms with Gasteiger partial charge in [-0.1, -0.05) is 36.4 Å². The van der Waals surface area contributed by atoms with Crippen molar-refractivity contribution < 1.29 is 0 Å². The van der Waals surface area contributed by atoms with Crippen molar-refractivity contribution in [1.29, 1.82) is 0 Å². The van der Waals surface area contributed by atoms with Crippen molar-refractivity contribution in [3.05, 3.63) is 78.1 Å². The maximum atomic E-state index is 4.50. The van der Waals surface area contributed by atoms with Crippen molar-refractivity contribution in [2.24, 2.45) is 0 Å². The predicted octanol–water partition coefficient (Wildman–Crippen LogP) is 4.01. The van der Waals surface area contributed by atoms with Crippen LogP contribution in [0.25, 0.3) is 21.8 Å². The van der Waals surface area contributed by atoms with Gasteiger partial charge < -0.3 is 10.3 Å². The second-order valence-electron chi connectivity index (χ2n) is 5.50. The Balaban J connectivity index is 1.47. The molecule has 108 valence electrons. The summed E-state index contributed by atoms with van der Waals surface area (Å²) in [6.45, 7) is 1.66. The molecule has 0 amide bonds.